The Balaban J connectivity index is 1.33. The molecule has 4 heterocycles. The number of aryl methyl sites for hydroxylation is 2. The molecule has 0 aliphatic carbocycles. The van der Waals surface area contributed by atoms with Crippen LogP contribution in [0.1, 0.15) is 56.1 Å². The number of ketones is 1. The first kappa shape index (κ1) is 24.1. The highest BCUT2D eigenvalue weighted by molar-refractivity contribution is 7.99. The highest BCUT2D eigenvalue weighted by Gasteiger charge is 2.21. The van der Waals surface area contributed by atoms with Crippen molar-refractivity contribution in [2.24, 2.45) is 0 Å². The summed E-state index contributed by atoms with van der Waals surface area (Å²) in [7, 11) is 0. The number of carbonyl (C=O) groups is 1. The maximum Gasteiger partial charge on any atom is 0.231 e. The number of anilines is 1. The Morgan fingerprint density at radius 2 is 1.94 bits per heavy atom. The van der Waals surface area contributed by atoms with E-state index in [1.54, 1.807) is 6.92 Å². The molecule has 11 heteroatoms. The summed E-state index contributed by atoms with van der Waals surface area (Å²) >= 11 is 1.53. The molecule has 0 unspecified atom stereocenters. The largest absolute Gasteiger partial charge is 0.454 e. The second kappa shape index (κ2) is 10.6. The van der Waals surface area contributed by atoms with Crippen molar-refractivity contribution in [1.29, 1.82) is 0 Å². The normalized spacial score (nSPS) is 12.5. The third-order valence-electron chi connectivity index (χ3n) is 6.10. The minimum atomic E-state index is 0.230. The van der Waals surface area contributed by atoms with E-state index in [0.717, 1.165) is 70.7 Å². The van der Waals surface area contributed by atoms with Gasteiger partial charge in [-0.3, -0.25) is 4.57 Å². The molecule has 0 spiro atoms. The van der Waals surface area contributed by atoms with E-state index in [0.29, 0.717) is 29.9 Å². The number of rotatable bonds is 11. The van der Waals surface area contributed by atoms with Gasteiger partial charge in [0.2, 0.25) is 6.79 Å². The summed E-state index contributed by atoms with van der Waals surface area (Å²) in [5, 5.41) is 0.751. The number of nitrogens with one attached hydrogen (secondary N) is 1. The predicted molar refractivity (Wildman–Crippen MR) is 136 cm³/mol. The monoisotopic (exact) mass is 507 g/mol. The molecular weight excluding hydrogens is 478 g/mol. The number of aromatic nitrogens is 6. The SMILES string of the molecule is CC(=O)CCCCCCc1ncc(Cn2c(Sc3cc4c(cc3C)OCO4)nc3c(N)ncnc32)[nH]1. The first-order valence-electron chi connectivity index (χ1n) is 12.0. The Morgan fingerprint density at radius 3 is 2.78 bits per heavy atom. The van der Waals surface area contributed by atoms with Crippen molar-refractivity contribution in [2.45, 2.75) is 69.0 Å². The number of Topliss-reactive ketones (excluding diaryl/α,β-unsaturated/α-hetero) is 1. The number of fused-ring (bicyclic) bond motifs is 2. The van der Waals surface area contributed by atoms with Crippen LogP contribution in [0, 0.1) is 6.92 Å². The van der Waals surface area contributed by atoms with Crippen LogP contribution in [-0.4, -0.2) is 42.1 Å². The quantitative estimate of drug-likeness (QED) is 0.282. The molecule has 1 aliphatic rings. The number of hydrogen-bond donors (Lipinski definition) is 2. The van der Waals surface area contributed by atoms with Crippen LogP contribution in [0.5, 0.6) is 11.5 Å². The van der Waals surface area contributed by atoms with Crippen molar-refractivity contribution in [3.8, 4) is 11.5 Å². The second-order valence-corrected chi connectivity index (χ2v) is 9.97. The van der Waals surface area contributed by atoms with Crippen LogP contribution >= 0.6 is 11.8 Å². The van der Waals surface area contributed by atoms with Crippen LogP contribution < -0.4 is 15.2 Å². The number of aromatic amines is 1. The molecule has 4 aromatic rings. The topological polar surface area (TPSA) is 134 Å². The standard InChI is InChI=1S/C25H29N7O3S/c1-15-9-18-19(35-14-34-18)10-20(15)36-25-31-22-23(26)28-13-29-24(22)32(25)12-17-11-27-21(30-17)8-6-4-3-5-7-16(2)33/h9-11,13H,3-8,12,14H2,1-2H3,(H,27,30)(H2,26,28,29). The average molecular weight is 508 g/mol. The molecule has 188 valence electrons. The summed E-state index contributed by atoms with van der Waals surface area (Å²) < 4.78 is 13.1. The number of benzene rings is 1. The molecular formula is C25H29N7O3S. The number of nitrogen functional groups attached to an aromatic ring is 1. The zero-order valence-electron chi connectivity index (χ0n) is 20.4. The number of hydrogen-bond acceptors (Lipinski definition) is 9. The predicted octanol–water partition coefficient (Wildman–Crippen LogP) is 4.45. The van der Waals surface area contributed by atoms with E-state index in [-0.39, 0.29) is 12.6 Å². The summed E-state index contributed by atoms with van der Waals surface area (Å²) in [5.41, 5.74) is 9.40. The lowest BCUT2D eigenvalue weighted by Crippen LogP contribution is -2.04. The third-order valence-corrected chi connectivity index (χ3v) is 7.25. The van der Waals surface area contributed by atoms with Gasteiger partial charge in [0.25, 0.3) is 0 Å². The Bertz CT molecular complexity index is 1400. The van der Waals surface area contributed by atoms with Crippen LogP contribution in [0.2, 0.25) is 0 Å². The van der Waals surface area contributed by atoms with Gasteiger partial charge in [-0.2, -0.15) is 0 Å². The first-order chi connectivity index (χ1) is 17.5. The van der Waals surface area contributed by atoms with Gasteiger partial charge in [0, 0.05) is 17.7 Å². The third kappa shape index (κ3) is 5.30. The Morgan fingerprint density at radius 1 is 1.14 bits per heavy atom. The number of ether oxygens (including phenoxy) is 2. The number of imidazole rings is 2. The summed E-state index contributed by atoms with van der Waals surface area (Å²) in [5.74, 6) is 3.04. The fourth-order valence-electron chi connectivity index (χ4n) is 4.19. The van der Waals surface area contributed by atoms with Crippen molar-refractivity contribution < 1.29 is 14.3 Å². The minimum Gasteiger partial charge on any atom is -0.454 e. The van der Waals surface area contributed by atoms with Crippen LogP contribution in [0.25, 0.3) is 11.2 Å². The molecule has 5 rings (SSSR count). The summed E-state index contributed by atoms with van der Waals surface area (Å²) in [6.45, 7) is 4.43. The van der Waals surface area contributed by atoms with Crippen molar-refractivity contribution in [3.05, 3.63) is 41.7 Å². The number of nitrogens with zero attached hydrogens (tertiary/aromatic N) is 5. The number of unbranched alkanes of at least 4 members (excludes halogenated alkanes) is 3. The molecule has 1 aromatic carbocycles. The zero-order valence-corrected chi connectivity index (χ0v) is 21.2. The van der Waals surface area contributed by atoms with E-state index >= 15 is 0 Å². The van der Waals surface area contributed by atoms with Crippen LogP contribution in [0.4, 0.5) is 5.82 Å². The molecule has 0 saturated heterocycles. The molecule has 3 N–H and O–H groups in total. The molecule has 0 bridgehead atoms. The lowest BCUT2D eigenvalue weighted by Gasteiger charge is -2.09. The van der Waals surface area contributed by atoms with Gasteiger partial charge in [0.1, 0.15) is 17.9 Å². The molecule has 0 amide bonds. The summed E-state index contributed by atoms with van der Waals surface area (Å²) in [6.07, 6.45) is 9.01. The zero-order chi connectivity index (χ0) is 25.1. The molecule has 1 aliphatic heterocycles. The van der Waals surface area contributed by atoms with Crippen LogP contribution in [-0.2, 0) is 17.8 Å². The highest BCUT2D eigenvalue weighted by atomic mass is 32.2. The second-order valence-electron chi connectivity index (χ2n) is 8.96. The fourth-order valence-corrected chi connectivity index (χ4v) is 5.17. The van der Waals surface area contributed by atoms with E-state index < -0.39 is 0 Å². The Hall–Kier alpha value is -3.60. The highest BCUT2D eigenvalue weighted by Crippen LogP contribution is 2.41. The molecule has 10 nitrogen and oxygen atoms in total. The Kier molecular flexibility index (Phi) is 7.08. The minimum absolute atomic E-state index is 0.230. The van der Waals surface area contributed by atoms with Crippen LogP contribution in [0.15, 0.2) is 34.7 Å². The molecule has 36 heavy (non-hydrogen) atoms. The van der Waals surface area contributed by atoms with Crippen molar-refractivity contribution >= 4 is 34.5 Å². The van der Waals surface area contributed by atoms with Gasteiger partial charge in [0.15, 0.2) is 33.6 Å². The maximum atomic E-state index is 11.1. The average Bonchev–Trinajstić information content (AvgIpc) is 3.57. The molecule has 0 saturated carbocycles. The van der Waals surface area contributed by atoms with Gasteiger partial charge in [-0.15, -0.1) is 0 Å². The van der Waals surface area contributed by atoms with E-state index in [1.165, 1.54) is 18.1 Å². The van der Waals surface area contributed by atoms with E-state index in [4.69, 9.17) is 20.2 Å². The molecule has 3 aromatic heterocycles. The summed E-state index contributed by atoms with van der Waals surface area (Å²) in [6, 6.07) is 3.96. The van der Waals surface area contributed by atoms with E-state index in [9.17, 15) is 4.79 Å². The smallest absolute Gasteiger partial charge is 0.231 e. The van der Waals surface area contributed by atoms with Gasteiger partial charge in [-0.25, -0.2) is 19.9 Å². The van der Waals surface area contributed by atoms with Gasteiger partial charge in [-0.05, 0) is 44.4 Å². The fraction of sp³-hybridized carbons (Fsp3) is 0.400. The van der Waals surface area contributed by atoms with Gasteiger partial charge in [0.05, 0.1) is 18.4 Å². The molecule has 0 atom stereocenters. The van der Waals surface area contributed by atoms with Gasteiger partial charge < -0.3 is 25.0 Å². The lowest BCUT2D eigenvalue weighted by atomic mass is 10.1. The summed E-state index contributed by atoms with van der Waals surface area (Å²) in [4.78, 5) is 33.5. The maximum absolute atomic E-state index is 11.1. The lowest BCUT2D eigenvalue weighted by molar-refractivity contribution is -0.117. The van der Waals surface area contributed by atoms with Crippen molar-refractivity contribution in [2.75, 3.05) is 12.5 Å². The van der Waals surface area contributed by atoms with Crippen molar-refractivity contribution in [1.82, 2.24) is 29.5 Å². The molecule has 0 fully saturated rings. The number of carbonyl (C=O) groups excluding carboxylic acids is 1. The van der Waals surface area contributed by atoms with Crippen LogP contribution in [0.3, 0.4) is 0 Å². The van der Waals surface area contributed by atoms with E-state index in [2.05, 4.69) is 19.9 Å². The number of H-pyrrole nitrogens is 1. The van der Waals surface area contributed by atoms with Gasteiger partial charge in [-0.1, -0.05) is 24.6 Å². The first-order valence-corrected chi connectivity index (χ1v) is 12.9. The van der Waals surface area contributed by atoms with E-state index in [1.807, 2.05) is 29.8 Å². The number of nitrogens with two attached hydrogens (primary N) is 1. The van der Waals surface area contributed by atoms with Gasteiger partial charge >= 0.3 is 0 Å². The molecule has 0 radical (unpaired) electrons. The Labute approximate surface area is 213 Å². The van der Waals surface area contributed by atoms with Crippen molar-refractivity contribution in [3.63, 3.8) is 0 Å².